The number of ether oxygens (including phenoxy) is 1. The average Bonchev–Trinajstić information content (AvgIpc) is 2.55. The van der Waals surface area contributed by atoms with Crippen LogP contribution in [0.3, 0.4) is 0 Å². The molecule has 0 bridgehead atoms. The van der Waals surface area contributed by atoms with Crippen LogP contribution in [0.25, 0.3) is 0 Å². The van der Waals surface area contributed by atoms with Gasteiger partial charge in [-0.1, -0.05) is 25.1 Å². The van der Waals surface area contributed by atoms with Gasteiger partial charge in [0.1, 0.15) is 0 Å². The summed E-state index contributed by atoms with van der Waals surface area (Å²) in [5.41, 5.74) is 0.686. The Labute approximate surface area is 141 Å². The number of nitrogens with one attached hydrogen (secondary N) is 1. The number of halogens is 1. The van der Waals surface area contributed by atoms with Crippen LogP contribution >= 0.6 is 0 Å². The minimum Gasteiger partial charge on any atom is -0.436 e. The van der Waals surface area contributed by atoms with Gasteiger partial charge in [-0.15, -0.1) is 0 Å². The molecule has 0 aliphatic carbocycles. The third-order valence-corrected chi connectivity index (χ3v) is 3.43. The molecule has 1 aromatic heterocycles. The van der Waals surface area contributed by atoms with Gasteiger partial charge in [0.15, 0.2) is 11.6 Å². The lowest BCUT2D eigenvalue weighted by Gasteiger charge is -2.17. The monoisotopic (exact) mass is 331 g/mol. The smallest absolute Gasteiger partial charge is 0.224 e. The number of hydrogen-bond acceptors (Lipinski definition) is 4. The zero-order valence-corrected chi connectivity index (χ0v) is 14.1. The van der Waals surface area contributed by atoms with Gasteiger partial charge in [0.05, 0.1) is 0 Å². The molecule has 1 amide bonds. The Hall–Kier alpha value is -2.47. The van der Waals surface area contributed by atoms with E-state index >= 15 is 0 Å². The maximum absolute atomic E-state index is 13.7. The summed E-state index contributed by atoms with van der Waals surface area (Å²) < 4.78 is 19.3. The fourth-order valence-corrected chi connectivity index (χ4v) is 2.27. The second-order valence-corrected chi connectivity index (χ2v) is 5.88. The van der Waals surface area contributed by atoms with Crippen molar-refractivity contribution in [2.45, 2.75) is 13.5 Å². The first-order chi connectivity index (χ1) is 11.5. The van der Waals surface area contributed by atoms with Crippen LogP contribution in [0, 0.1) is 11.7 Å². The van der Waals surface area contributed by atoms with E-state index in [4.69, 9.17) is 4.74 Å². The van der Waals surface area contributed by atoms with Gasteiger partial charge in [0, 0.05) is 30.8 Å². The normalized spacial score (nSPS) is 12.0. The molecule has 0 radical (unpaired) electrons. The molecular weight excluding hydrogens is 309 g/mol. The Balaban J connectivity index is 2.04. The van der Waals surface area contributed by atoms with Gasteiger partial charge in [-0.05, 0) is 32.3 Å². The number of amides is 1. The maximum Gasteiger partial charge on any atom is 0.224 e. The molecular formula is C18H22FN3O2. The molecule has 0 spiro atoms. The third kappa shape index (κ3) is 5.03. The van der Waals surface area contributed by atoms with Gasteiger partial charge in [-0.2, -0.15) is 0 Å². The van der Waals surface area contributed by atoms with Crippen molar-refractivity contribution in [3.63, 3.8) is 0 Å². The molecule has 0 saturated heterocycles. The number of hydrogen-bond donors (Lipinski definition) is 1. The molecule has 0 aliphatic heterocycles. The summed E-state index contributed by atoms with van der Waals surface area (Å²) in [4.78, 5) is 18.2. The molecule has 1 N–H and O–H groups in total. The number of para-hydroxylation sites is 1. The molecule has 0 unspecified atom stereocenters. The lowest BCUT2D eigenvalue weighted by Crippen LogP contribution is -2.34. The number of aromatic nitrogens is 1. The van der Waals surface area contributed by atoms with Gasteiger partial charge in [-0.3, -0.25) is 4.79 Å². The Bertz CT molecular complexity index is 691. The van der Waals surface area contributed by atoms with Crippen LogP contribution in [0.15, 0.2) is 42.6 Å². The highest BCUT2D eigenvalue weighted by Gasteiger charge is 2.15. The maximum atomic E-state index is 13.7. The highest BCUT2D eigenvalue weighted by atomic mass is 19.1. The number of carbonyl (C=O) groups is 1. The Morgan fingerprint density at radius 2 is 2.04 bits per heavy atom. The summed E-state index contributed by atoms with van der Waals surface area (Å²) in [6.07, 6.45) is 1.57. The van der Waals surface area contributed by atoms with Crippen molar-refractivity contribution in [2.24, 2.45) is 5.92 Å². The first-order valence-corrected chi connectivity index (χ1v) is 7.76. The summed E-state index contributed by atoms with van der Waals surface area (Å²) in [5.74, 6) is -0.261. The quantitative estimate of drug-likeness (QED) is 0.848. The predicted octanol–water partition coefficient (Wildman–Crippen LogP) is 2.83. The zero-order valence-electron chi connectivity index (χ0n) is 14.1. The van der Waals surface area contributed by atoms with Crippen LogP contribution in [0.5, 0.6) is 11.6 Å². The van der Waals surface area contributed by atoms with E-state index in [2.05, 4.69) is 10.3 Å². The minimum atomic E-state index is -0.460. The lowest BCUT2D eigenvalue weighted by atomic mass is 10.1. The van der Waals surface area contributed by atoms with Gasteiger partial charge < -0.3 is 15.0 Å². The van der Waals surface area contributed by atoms with Crippen molar-refractivity contribution in [3.8, 4) is 11.6 Å². The van der Waals surface area contributed by atoms with Crippen molar-refractivity contribution >= 4 is 5.91 Å². The average molecular weight is 331 g/mol. The molecule has 2 aromatic rings. The summed E-state index contributed by atoms with van der Waals surface area (Å²) in [5, 5.41) is 2.87. The van der Waals surface area contributed by atoms with Crippen molar-refractivity contribution in [1.82, 2.24) is 15.2 Å². The van der Waals surface area contributed by atoms with E-state index in [1.165, 1.54) is 12.1 Å². The largest absolute Gasteiger partial charge is 0.436 e. The van der Waals surface area contributed by atoms with Crippen molar-refractivity contribution in [2.75, 3.05) is 20.6 Å². The van der Waals surface area contributed by atoms with Gasteiger partial charge in [0.25, 0.3) is 0 Å². The highest BCUT2D eigenvalue weighted by molar-refractivity contribution is 5.78. The van der Waals surface area contributed by atoms with E-state index in [0.717, 1.165) is 0 Å². The molecule has 128 valence electrons. The van der Waals surface area contributed by atoms with E-state index < -0.39 is 5.82 Å². The number of benzene rings is 1. The van der Waals surface area contributed by atoms with Crippen molar-refractivity contribution < 1.29 is 13.9 Å². The van der Waals surface area contributed by atoms with Crippen molar-refractivity contribution in [1.29, 1.82) is 0 Å². The van der Waals surface area contributed by atoms with Crippen LogP contribution in [-0.4, -0.2) is 36.4 Å². The van der Waals surface area contributed by atoms with E-state index in [1.807, 2.05) is 25.9 Å². The number of carbonyl (C=O) groups excluding carboxylic acids is 1. The van der Waals surface area contributed by atoms with E-state index in [0.29, 0.717) is 12.1 Å². The summed E-state index contributed by atoms with van der Waals surface area (Å²) in [7, 11) is 3.84. The molecule has 0 saturated carbocycles. The highest BCUT2D eigenvalue weighted by Crippen LogP contribution is 2.25. The second-order valence-electron chi connectivity index (χ2n) is 5.88. The van der Waals surface area contributed by atoms with Crippen LogP contribution in [0.1, 0.15) is 12.5 Å². The Kier molecular flexibility index (Phi) is 6.26. The first-order valence-electron chi connectivity index (χ1n) is 7.76. The van der Waals surface area contributed by atoms with E-state index in [9.17, 15) is 9.18 Å². The fourth-order valence-electron chi connectivity index (χ4n) is 2.27. The Morgan fingerprint density at radius 3 is 2.75 bits per heavy atom. The van der Waals surface area contributed by atoms with Gasteiger partial charge >= 0.3 is 0 Å². The molecule has 0 fully saturated rings. The van der Waals surface area contributed by atoms with Crippen LogP contribution in [0.4, 0.5) is 4.39 Å². The van der Waals surface area contributed by atoms with Gasteiger partial charge in [-0.25, -0.2) is 9.37 Å². The molecule has 5 nitrogen and oxygen atoms in total. The minimum absolute atomic E-state index is 0.0515. The molecule has 6 heteroatoms. The lowest BCUT2D eigenvalue weighted by molar-refractivity contribution is -0.125. The van der Waals surface area contributed by atoms with Crippen molar-refractivity contribution in [3.05, 3.63) is 54.0 Å². The molecule has 1 atom stereocenters. The summed E-state index contributed by atoms with van der Waals surface area (Å²) >= 11 is 0. The number of pyridine rings is 1. The second kappa shape index (κ2) is 8.40. The fraction of sp³-hybridized carbons (Fsp3) is 0.333. The topological polar surface area (TPSA) is 54.5 Å². The van der Waals surface area contributed by atoms with Crippen LogP contribution < -0.4 is 10.1 Å². The third-order valence-electron chi connectivity index (χ3n) is 3.43. The SMILES string of the molecule is C[C@@H](CN(C)C)C(=O)NCc1cccnc1Oc1ccccc1F. The summed E-state index contributed by atoms with van der Waals surface area (Å²) in [6.45, 7) is 2.81. The molecule has 24 heavy (non-hydrogen) atoms. The standard InChI is InChI=1S/C18H22FN3O2/c1-13(12-22(2)3)17(23)21-11-14-7-6-10-20-18(14)24-16-9-5-4-8-15(16)19/h4-10,13H,11-12H2,1-3H3,(H,21,23)/t13-/m0/s1. The molecule has 0 aliphatic rings. The van der Waals surface area contributed by atoms with Crippen LogP contribution in [0.2, 0.25) is 0 Å². The first kappa shape index (κ1) is 17.9. The molecule has 1 aromatic carbocycles. The predicted molar refractivity (Wildman–Crippen MR) is 90.3 cm³/mol. The zero-order chi connectivity index (χ0) is 17.5. The van der Waals surface area contributed by atoms with E-state index in [1.54, 1.807) is 30.5 Å². The van der Waals surface area contributed by atoms with Crippen LogP contribution in [-0.2, 0) is 11.3 Å². The van der Waals surface area contributed by atoms with Gasteiger partial charge in [0.2, 0.25) is 11.8 Å². The molecule has 1 heterocycles. The summed E-state index contributed by atoms with van der Waals surface area (Å²) in [6, 6.07) is 9.67. The number of nitrogens with zero attached hydrogens (tertiary/aromatic N) is 2. The molecule has 2 rings (SSSR count). The Morgan fingerprint density at radius 1 is 1.29 bits per heavy atom. The van der Waals surface area contributed by atoms with E-state index in [-0.39, 0.29) is 30.0 Å². The number of rotatable bonds is 7.